The van der Waals surface area contributed by atoms with Crippen LogP contribution in [0.5, 0.6) is 0 Å². The Bertz CT molecular complexity index is 619. The van der Waals surface area contributed by atoms with Crippen LogP contribution in [0.25, 0.3) is 5.65 Å². The molecule has 0 fully saturated rings. The molecule has 3 aromatic heterocycles. The highest BCUT2D eigenvalue weighted by Crippen LogP contribution is 2.04. The highest BCUT2D eigenvalue weighted by molar-refractivity contribution is 5.39. The summed E-state index contributed by atoms with van der Waals surface area (Å²) in [6, 6.07) is 8.01. The Morgan fingerprint density at radius 2 is 2.17 bits per heavy atom. The molecule has 0 unspecified atom stereocenters. The van der Waals surface area contributed by atoms with E-state index in [0.29, 0.717) is 0 Å². The van der Waals surface area contributed by atoms with Gasteiger partial charge < -0.3 is 9.72 Å². The van der Waals surface area contributed by atoms with Gasteiger partial charge in [-0.25, -0.2) is 4.98 Å². The number of fused-ring (bicyclic) bond motifs is 1. The first kappa shape index (κ1) is 11.0. The molecule has 0 bridgehead atoms. The topological polar surface area (TPSA) is 47.2 Å². The lowest BCUT2D eigenvalue weighted by atomic mass is 10.4. The third-order valence-electron chi connectivity index (χ3n) is 2.95. The van der Waals surface area contributed by atoms with Crippen LogP contribution in [0.15, 0.2) is 42.9 Å². The molecule has 18 heavy (non-hydrogen) atoms. The van der Waals surface area contributed by atoms with Gasteiger partial charge in [-0.3, -0.25) is 4.68 Å². The van der Waals surface area contributed by atoms with Gasteiger partial charge in [0.25, 0.3) is 0 Å². The fourth-order valence-electron chi connectivity index (χ4n) is 1.97. The maximum atomic E-state index is 4.53. The fraction of sp³-hybridized carbons (Fsp3) is 0.231. The van der Waals surface area contributed by atoms with Crippen LogP contribution in [0.1, 0.15) is 11.4 Å². The summed E-state index contributed by atoms with van der Waals surface area (Å²) < 4.78 is 3.90. The molecule has 0 radical (unpaired) electrons. The lowest BCUT2D eigenvalue weighted by Crippen LogP contribution is -2.15. The molecule has 1 N–H and O–H groups in total. The van der Waals surface area contributed by atoms with E-state index in [1.807, 2.05) is 59.0 Å². The van der Waals surface area contributed by atoms with Gasteiger partial charge in [0.2, 0.25) is 0 Å². The van der Waals surface area contributed by atoms with Crippen molar-refractivity contribution in [3.8, 4) is 0 Å². The van der Waals surface area contributed by atoms with E-state index in [1.165, 1.54) is 5.69 Å². The van der Waals surface area contributed by atoms with E-state index in [2.05, 4.69) is 15.4 Å². The van der Waals surface area contributed by atoms with E-state index in [0.717, 1.165) is 24.4 Å². The number of nitrogens with zero attached hydrogens (tertiary/aromatic N) is 4. The van der Waals surface area contributed by atoms with E-state index in [-0.39, 0.29) is 0 Å². The van der Waals surface area contributed by atoms with Gasteiger partial charge in [-0.1, -0.05) is 6.07 Å². The molecule has 0 saturated heterocycles. The fourth-order valence-corrected chi connectivity index (χ4v) is 1.97. The number of nitrogens with one attached hydrogen (secondary N) is 1. The minimum absolute atomic E-state index is 0.757. The van der Waals surface area contributed by atoms with Gasteiger partial charge >= 0.3 is 0 Å². The largest absolute Gasteiger partial charge is 0.307 e. The molecule has 3 rings (SSSR count). The Morgan fingerprint density at radius 1 is 1.22 bits per heavy atom. The van der Waals surface area contributed by atoms with Crippen molar-refractivity contribution < 1.29 is 0 Å². The molecule has 0 amide bonds. The van der Waals surface area contributed by atoms with Gasteiger partial charge in [0, 0.05) is 38.7 Å². The minimum atomic E-state index is 0.757. The number of aromatic nitrogens is 4. The smallest absolute Gasteiger partial charge is 0.137 e. The third kappa shape index (κ3) is 2.12. The lowest BCUT2D eigenvalue weighted by Gasteiger charge is -2.02. The Kier molecular flexibility index (Phi) is 2.82. The second-order valence-corrected chi connectivity index (χ2v) is 4.25. The van der Waals surface area contributed by atoms with Crippen LogP contribution < -0.4 is 5.32 Å². The summed E-state index contributed by atoms with van der Waals surface area (Å²) in [5.41, 5.74) is 3.19. The Hall–Kier alpha value is -2.14. The van der Waals surface area contributed by atoms with Gasteiger partial charge in [-0.2, -0.15) is 5.10 Å². The molecule has 0 aliphatic rings. The summed E-state index contributed by atoms with van der Waals surface area (Å²) in [6.45, 7) is 1.55. The van der Waals surface area contributed by atoms with Crippen LogP contribution in [0.2, 0.25) is 0 Å². The van der Waals surface area contributed by atoms with Crippen molar-refractivity contribution in [3.05, 3.63) is 54.2 Å². The average Bonchev–Trinajstić information content (AvgIpc) is 2.96. The average molecular weight is 241 g/mol. The van der Waals surface area contributed by atoms with Crippen LogP contribution >= 0.6 is 0 Å². The van der Waals surface area contributed by atoms with Crippen LogP contribution in [-0.4, -0.2) is 19.2 Å². The molecule has 0 aromatic carbocycles. The number of aryl methyl sites for hydroxylation is 1. The SMILES string of the molecule is Cn1nccc1CNCc1cn2ccccc2n1. The second kappa shape index (κ2) is 4.62. The van der Waals surface area contributed by atoms with Crippen molar-refractivity contribution in [3.63, 3.8) is 0 Å². The predicted molar refractivity (Wildman–Crippen MR) is 68.9 cm³/mol. The van der Waals surface area contributed by atoms with Crippen molar-refractivity contribution in [2.45, 2.75) is 13.1 Å². The zero-order chi connectivity index (χ0) is 12.4. The Morgan fingerprint density at radius 3 is 2.94 bits per heavy atom. The molecule has 0 spiro atoms. The maximum Gasteiger partial charge on any atom is 0.137 e. The number of hydrogen-bond donors (Lipinski definition) is 1. The summed E-state index contributed by atoms with van der Waals surface area (Å²) in [7, 11) is 1.95. The van der Waals surface area contributed by atoms with Crippen LogP contribution in [0, 0.1) is 0 Å². The molecule has 5 nitrogen and oxygen atoms in total. The molecule has 3 aromatic rings. The van der Waals surface area contributed by atoms with Crippen LogP contribution in [0.4, 0.5) is 0 Å². The van der Waals surface area contributed by atoms with E-state index >= 15 is 0 Å². The number of imidazole rings is 1. The first-order valence-electron chi connectivity index (χ1n) is 5.93. The predicted octanol–water partition coefficient (Wildman–Crippen LogP) is 1.36. The van der Waals surface area contributed by atoms with Gasteiger partial charge in [-0.05, 0) is 18.2 Å². The quantitative estimate of drug-likeness (QED) is 0.750. The number of rotatable bonds is 4. The lowest BCUT2D eigenvalue weighted by molar-refractivity contribution is 0.621. The number of hydrogen-bond acceptors (Lipinski definition) is 3. The van der Waals surface area contributed by atoms with E-state index in [1.54, 1.807) is 0 Å². The van der Waals surface area contributed by atoms with E-state index in [4.69, 9.17) is 0 Å². The maximum absolute atomic E-state index is 4.53. The van der Waals surface area contributed by atoms with Gasteiger partial charge in [-0.15, -0.1) is 0 Å². The summed E-state index contributed by atoms with van der Waals surface area (Å²) in [5.74, 6) is 0. The Labute approximate surface area is 105 Å². The first-order chi connectivity index (χ1) is 8.83. The third-order valence-corrected chi connectivity index (χ3v) is 2.95. The zero-order valence-corrected chi connectivity index (χ0v) is 10.2. The van der Waals surface area contributed by atoms with Crippen molar-refractivity contribution in [2.24, 2.45) is 7.05 Å². The molecular formula is C13H15N5. The molecule has 92 valence electrons. The Balaban J connectivity index is 1.65. The molecule has 0 aliphatic heterocycles. The van der Waals surface area contributed by atoms with Crippen LogP contribution in [0.3, 0.4) is 0 Å². The van der Waals surface area contributed by atoms with Gasteiger partial charge in [0.1, 0.15) is 5.65 Å². The minimum Gasteiger partial charge on any atom is -0.307 e. The second-order valence-electron chi connectivity index (χ2n) is 4.25. The highest BCUT2D eigenvalue weighted by atomic mass is 15.3. The highest BCUT2D eigenvalue weighted by Gasteiger charge is 2.01. The van der Waals surface area contributed by atoms with Gasteiger partial charge in [0.15, 0.2) is 0 Å². The molecular weight excluding hydrogens is 226 g/mol. The molecule has 0 atom stereocenters. The van der Waals surface area contributed by atoms with E-state index in [9.17, 15) is 0 Å². The van der Waals surface area contributed by atoms with E-state index < -0.39 is 0 Å². The zero-order valence-electron chi connectivity index (χ0n) is 10.2. The standard InChI is InChI=1S/C13H15N5/c1-17-12(5-6-15-17)9-14-8-11-10-18-7-3-2-4-13(18)16-11/h2-7,10,14H,8-9H2,1H3. The summed E-state index contributed by atoms with van der Waals surface area (Å²) in [5, 5.41) is 7.50. The first-order valence-corrected chi connectivity index (χ1v) is 5.93. The van der Waals surface area contributed by atoms with Crippen LogP contribution in [-0.2, 0) is 20.1 Å². The van der Waals surface area contributed by atoms with Crippen molar-refractivity contribution in [1.29, 1.82) is 0 Å². The molecule has 5 heteroatoms. The molecule has 0 saturated carbocycles. The summed E-state index contributed by atoms with van der Waals surface area (Å²) in [4.78, 5) is 4.53. The normalized spacial score (nSPS) is 11.2. The van der Waals surface area contributed by atoms with Gasteiger partial charge in [0.05, 0.1) is 11.4 Å². The number of pyridine rings is 1. The molecule has 3 heterocycles. The summed E-state index contributed by atoms with van der Waals surface area (Å²) in [6.07, 6.45) is 5.86. The van der Waals surface area contributed by atoms with Crippen molar-refractivity contribution >= 4 is 5.65 Å². The summed E-state index contributed by atoms with van der Waals surface area (Å²) >= 11 is 0. The molecule has 0 aliphatic carbocycles. The van der Waals surface area contributed by atoms with Crippen molar-refractivity contribution in [2.75, 3.05) is 0 Å². The van der Waals surface area contributed by atoms with Crippen molar-refractivity contribution in [1.82, 2.24) is 24.5 Å². The monoisotopic (exact) mass is 241 g/mol.